The zero-order valence-electron chi connectivity index (χ0n) is 10.2. The number of anilines is 1. The van der Waals surface area contributed by atoms with Crippen LogP contribution >= 0.6 is 15.9 Å². The summed E-state index contributed by atoms with van der Waals surface area (Å²) in [7, 11) is 0. The molecule has 1 aromatic heterocycles. The van der Waals surface area contributed by atoms with E-state index in [-0.39, 0.29) is 16.6 Å². The van der Waals surface area contributed by atoms with E-state index in [1.807, 2.05) is 0 Å². The molecule has 3 N–H and O–H groups in total. The number of rotatable bonds is 3. The van der Waals surface area contributed by atoms with Crippen molar-refractivity contribution in [2.45, 2.75) is 6.54 Å². The van der Waals surface area contributed by atoms with Gasteiger partial charge < -0.3 is 11.1 Å². The number of aromatic nitrogens is 1. The third-order valence-electron chi connectivity index (χ3n) is 2.53. The van der Waals surface area contributed by atoms with Gasteiger partial charge in [0.05, 0.1) is 5.69 Å². The number of carbonyl (C=O) groups is 1. The molecule has 0 saturated heterocycles. The lowest BCUT2D eigenvalue weighted by atomic mass is 10.2. The number of pyridine rings is 1. The fourth-order valence-electron chi connectivity index (χ4n) is 1.58. The lowest BCUT2D eigenvalue weighted by Crippen LogP contribution is -2.15. The summed E-state index contributed by atoms with van der Waals surface area (Å²) in [4.78, 5) is 15.9. The van der Waals surface area contributed by atoms with Gasteiger partial charge in [-0.3, -0.25) is 9.78 Å². The van der Waals surface area contributed by atoms with Crippen LogP contribution in [0.25, 0.3) is 0 Å². The second-order valence-corrected chi connectivity index (χ2v) is 4.85. The van der Waals surface area contributed by atoms with Gasteiger partial charge in [-0.05, 0) is 24.3 Å². The summed E-state index contributed by atoms with van der Waals surface area (Å²) in [5, 5.41) is 2.19. The van der Waals surface area contributed by atoms with Crippen molar-refractivity contribution < 1.29 is 13.6 Å². The number of nitrogens with two attached hydrogens (primary N) is 1. The van der Waals surface area contributed by atoms with Gasteiger partial charge in [-0.25, -0.2) is 8.78 Å². The Balaban J connectivity index is 2.28. The zero-order valence-corrected chi connectivity index (χ0v) is 11.7. The maximum absolute atomic E-state index is 13.6. The second kappa shape index (κ2) is 6.06. The summed E-state index contributed by atoms with van der Waals surface area (Å²) >= 11 is 2.96. The topological polar surface area (TPSA) is 68.0 Å². The standard InChI is InChI=1S/C13H10BrF2N3O/c14-8-4-10(15)12(11(16)5-8)19-13(20)7-1-2-18-9(3-7)6-17/h1-5H,6,17H2,(H,19,20). The molecule has 1 heterocycles. The molecule has 1 amide bonds. The maximum atomic E-state index is 13.6. The first-order valence-electron chi connectivity index (χ1n) is 5.62. The van der Waals surface area contributed by atoms with Gasteiger partial charge in [-0.1, -0.05) is 15.9 Å². The predicted octanol–water partition coefficient (Wildman–Crippen LogP) is 2.83. The van der Waals surface area contributed by atoms with Crippen LogP contribution in [0.5, 0.6) is 0 Å². The number of halogens is 3. The number of nitrogens with one attached hydrogen (secondary N) is 1. The second-order valence-electron chi connectivity index (χ2n) is 3.94. The van der Waals surface area contributed by atoms with E-state index in [0.717, 1.165) is 12.1 Å². The van der Waals surface area contributed by atoms with Crippen LogP contribution in [0.15, 0.2) is 34.9 Å². The summed E-state index contributed by atoms with van der Waals surface area (Å²) in [6, 6.07) is 5.03. The summed E-state index contributed by atoms with van der Waals surface area (Å²) in [6.45, 7) is 0.169. The quantitative estimate of drug-likeness (QED) is 0.901. The largest absolute Gasteiger partial charge is 0.325 e. The van der Waals surface area contributed by atoms with Crippen LogP contribution in [0.1, 0.15) is 16.1 Å². The monoisotopic (exact) mass is 341 g/mol. The number of amides is 1. The first kappa shape index (κ1) is 14.5. The van der Waals surface area contributed by atoms with E-state index in [1.165, 1.54) is 18.3 Å². The van der Waals surface area contributed by atoms with E-state index in [0.29, 0.717) is 5.69 Å². The average Bonchev–Trinajstić information content (AvgIpc) is 2.42. The smallest absolute Gasteiger partial charge is 0.255 e. The summed E-state index contributed by atoms with van der Waals surface area (Å²) in [5.41, 5.74) is 5.65. The molecule has 4 nitrogen and oxygen atoms in total. The van der Waals surface area contributed by atoms with Gasteiger partial charge in [-0.15, -0.1) is 0 Å². The Bertz CT molecular complexity index is 641. The highest BCUT2D eigenvalue weighted by atomic mass is 79.9. The third kappa shape index (κ3) is 3.17. The molecule has 20 heavy (non-hydrogen) atoms. The number of hydrogen-bond acceptors (Lipinski definition) is 3. The minimum atomic E-state index is -0.863. The van der Waals surface area contributed by atoms with Crippen molar-refractivity contribution in [3.05, 3.63) is 57.8 Å². The van der Waals surface area contributed by atoms with E-state index < -0.39 is 23.2 Å². The first-order valence-corrected chi connectivity index (χ1v) is 6.41. The summed E-state index contributed by atoms with van der Waals surface area (Å²) < 4.78 is 27.5. The molecule has 0 saturated carbocycles. The van der Waals surface area contributed by atoms with Crippen LogP contribution in [0.3, 0.4) is 0 Å². The van der Waals surface area contributed by atoms with Gasteiger partial charge >= 0.3 is 0 Å². The molecule has 0 aliphatic rings. The minimum Gasteiger partial charge on any atom is -0.325 e. The Morgan fingerprint density at radius 2 is 1.95 bits per heavy atom. The van der Waals surface area contributed by atoms with Gasteiger partial charge in [0.2, 0.25) is 0 Å². The molecule has 0 fully saturated rings. The SMILES string of the molecule is NCc1cc(C(=O)Nc2c(F)cc(Br)cc2F)ccn1. The van der Waals surface area contributed by atoms with E-state index in [4.69, 9.17) is 5.73 Å². The van der Waals surface area contributed by atoms with Gasteiger partial charge in [0.15, 0.2) is 11.6 Å². The molecule has 2 rings (SSSR count). The predicted molar refractivity (Wildman–Crippen MR) is 74.1 cm³/mol. The normalized spacial score (nSPS) is 10.4. The number of carbonyl (C=O) groups excluding carboxylic acids is 1. The van der Waals surface area contributed by atoms with Gasteiger partial charge in [0.1, 0.15) is 5.69 Å². The highest BCUT2D eigenvalue weighted by Crippen LogP contribution is 2.24. The molecule has 0 aliphatic carbocycles. The van der Waals surface area contributed by atoms with E-state index >= 15 is 0 Å². The Morgan fingerprint density at radius 3 is 2.55 bits per heavy atom. The fourth-order valence-corrected chi connectivity index (χ4v) is 1.98. The van der Waals surface area contributed by atoms with Crippen molar-refractivity contribution in [1.82, 2.24) is 4.98 Å². The molecule has 1 aromatic carbocycles. The lowest BCUT2D eigenvalue weighted by molar-refractivity contribution is 0.102. The molecule has 0 spiro atoms. The number of hydrogen-bond donors (Lipinski definition) is 2. The van der Waals surface area contributed by atoms with Crippen molar-refractivity contribution in [2.24, 2.45) is 5.73 Å². The lowest BCUT2D eigenvalue weighted by Gasteiger charge is -2.08. The van der Waals surface area contributed by atoms with Crippen molar-refractivity contribution >= 4 is 27.5 Å². The molecule has 2 aromatic rings. The van der Waals surface area contributed by atoms with Crippen LogP contribution in [-0.4, -0.2) is 10.9 Å². The first-order chi connectivity index (χ1) is 9.51. The Labute approximate surface area is 122 Å². The Morgan fingerprint density at radius 1 is 1.30 bits per heavy atom. The fraction of sp³-hybridized carbons (Fsp3) is 0.0769. The van der Waals surface area contributed by atoms with Crippen LogP contribution in [0.4, 0.5) is 14.5 Å². The van der Waals surface area contributed by atoms with E-state index in [1.54, 1.807) is 0 Å². The molecule has 0 unspecified atom stereocenters. The molecule has 0 bridgehead atoms. The Kier molecular flexibility index (Phi) is 4.41. The maximum Gasteiger partial charge on any atom is 0.255 e. The van der Waals surface area contributed by atoms with Crippen molar-refractivity contribution in [1.29, 1.82) is 0 Å². The van der Waals surface area contributed by atoms with Crippen LogP contribution in [0.2, 0.25) is 0 Å². The number of nitrogens with zero attached hydrogens (tertiary/aromatic N) is 1. The average molecular weight is 342 g/mol. The van der Waals surface area contributed by atoms with Gasteiger partial charge in [-0.2, -0.15) is 0 Å². The third-order valence-corrected chi connectivity index (χ3v) is 2.99. The highest BCUT2D eigenvalue weighted by molar-refractivity contribution is 9.10. The van der Waals surface area contributed by atoms with Crippen molar-refractivity contribution in [3.63, 3.8) is 0 Å². The van der Waals surface area contributed by atoms with Crippen LogP contribution in [0, 0.1) is 11.6 Å². The molecule has 0 aliphatic heterocycles. The number of benzene rings is 1. The minimum absolute atomic E-state index is 0.169. The molecule has 0 atom stereocenters. The van der Waals surface area contributed by atoms with Crippen molar-refractivity contribution in [2.75, 3.05) is 5.32 Å². The van der Waals surface area contributed by atoms with Crippen LogP contribution < -0.4 is 11.1 Å². The molecule has 104 valence electrons. The summed E-state index contributed by atoms with van der Waals surface area (Å²) in [5.74, 6) is -2.36. The molecule has 7 heteroatoms. The van der Waals surface area contributed by atoms with Gasteiger partial charge in [0.25, 0.3) is 5.91 Å². The van der Waals surface area contributed by atoms with E-state index in [2.05, 4.69) is 26.2 Å². The zero-order chi connectivity index (χ0) is 14.7. The van der Waals surface area contributed by atoms with E-state index in [9.17, 15) is 13.6 Å². The molecular weight excluding hydrogens is 332 g/mol. The highest BCUT2D eigenvalue weighted by Gasteiger charge is 2.15. The molecule has 0 radical (unpaired) electrons. The van der Waals surface area contributed by atoms with Gasteiger partial charge in [0, 0.05) is 22.8 Å². The molecular formula is C13H10BrF2N3O. The van der Waals surface area contributed by atoms with Crippen LogP contribution in [-0.2, 0) is 6.54 Å². The Hall–Kier alpha value is -1.86. The van der Waals surface area contributed by atoms with Crippen molar-refractivity contribution in [3.8, 4) is 0 Å². The summed E-state index contributed by atoms with van der Waals surface area (Å²) in [6.07, 6.45) is 1.41.